The molecule has 0 spiro atoms. The van der Waals surface area contributed by atoms with Crippen LogP contribution in [0.1, 0.15) is 23.5 Å². The predicted octanol–water partition coefficient (Wildman–Crippen LogP) is 3.45. The van der Waals surface area contributed by atoms with Gasteiger partial charge in [-0.1, -0.05) is 60.1 Å². The molecule has 1 aliphatic rings. The smallest absolute Gasteiger partial charge is 0.131 e. The van der Waals surface area contributed by atoms with Crippen molar-refractivity contribution >= 4 is 11.6 Å². The summed E-state index contributed by atoms with van der Waals surface area (Å²) < 4.78 is 0. The predicted molar refractivity (Wildman–Crippen MR) is 86.0 cm³/mol. The minimum atomic E-state index is -1.34. The molecule has 0 saturated carbocycles. The highest BCUT2D eigenvalue weighted by Gasteiger charge is 2.45. The van der Waals surface area contributed by atoms with Crippen LogP contribution in [0.2, 0.25) is 5.02 Å². The molecule has 2 aromatic rings. The molecule has 1 aliphatic carbocycles. The summed E-state index contributed by atoms with van der Waals surface area (Å²) >= 11 is 6.26. The highest BCUT2D eigenvalue weighted by molar-refractivity contribution is 6.31. The zero-order chi connectivity index (χ0) is 15.7. The lowest BCUT2D eigenvalue weighted by molar-refractivity contribution is 0.0724. The van der Waals surface area contributed by atoms with Gasteiger partial charge in [-0.05, 0) is 23.6 Å². The van der Waals surface area contributed by atoms with Crippen LogP contribution in [0.15, 0.2) is 65.9 Å². The molecule has 3 N–H and O–H groups in total. The third-order valence-corrected chi connectivity index (χ3v) is 4.58. The fraction of sp³-hybridized carbons (Fsp3) is 0.167. The van der Waals surface area contributed by atoms with E-state index in [2.05, 4.69) is 6.07 Å². The Morgan fingerprint density at radius 1 is 1.14 bits per heavy atom. The molecule has 3 rings (SSSR count). The molecule has 0 saturated heterocycles. The van der Waals surface area contributed by atoms with Crippen molar-refractivity contribution in [1.29, 1.82) is 5.26 Å². The number of halogens is 1. The molecule has 4 heteroatoms. The Morgan fingerprint density at radius 2 is 1.77 bits per heavy atom. The van der Waals surface area contributed by atoms with Crippen molar-refractivity contribution in [3.8, 4) is 6.07 Å². The quantitative estimate of drug-likeness (QED) is 0.892. The summed E-state index contributed by atoms with van der Waals surface area (Å²) in [6.07, 6.45) is 0.315. The van der Waals surface area contributed by atoms with Gasteiger partial charge in [0.15, 0.2) is 0 Å². The number of allylic oxidation sites excluding steroid dienone is 1. The molecule has 0 fully saturated rings. The van der Waals surface area contributed by atoms with Crippen molar-refractivity contribution in [3.05, 3.63) is 82.0 Å². The summed E-state index contributed by atoms with van der Waals surface area (Å²) in [5.74, 6) is -0.302. The number of nitrogens with two attached hydrogens (primary N) is 1. The summed E-state index contributed by atoms with van der Waals surface area (Å²) in [5.41, 5.74) is 6.91. The molecular weight excluding hydrogens is 296 g/mol. The molecule has 2 atom stereocenters. The molecule has 0 heterocycles. The zero-order valence-electron chi connectivity index (χ0n) is 11.8. The largest absolute Gasteiger partial charge is 0.399 e. The van der Waals surface area contributed by atoms with Crippen LogP contribution in [0.25, 0.3) is 0 Å². The lowest BCUT2D eigenvalue weighted by Gasteiger charge is -2.25. The molecule has 110 valence electrons. The van der Waals surface area contributed by atoms with Gasteiger partial charge in [0.25, 0.3) is 0 Å². The van der Waals surface area contributed by atoms with Gasteiger partial charge in [-0.15, -0.1) is 0 Å². The van der Waals surface area contributed by atoms with Gasteiger partial charge in [0.05, 0.1) is 17.3 Å². The van der Waals surface area contributed by atoms with Crippen molar-refractivity contribution in [3.63, 3.8) is 0 Å². The second-order valence-electron chi connectivity index (χ2n) is 5.44. The standard InChI is InChI=1S/C18H15ClN2O/c19-16-9-5-4-8-13(16)14-10-18(22,17(21)15(14)11-20)12-6-2-1-3-7-12/h1-9,14,22H,10,21H2/t14-,18-/m1/s1. The Bertz CT molecular complexity index is 779. The summed E-state index contributed by atoms with van der Waals surface area (Å²) in [5, 5.41) is 21.1. The fourth-order valence-electron chi connectivity index (χ4n) is 3.07. The normalized spacial score (nSPS) is 24.3. The van der Waals surface area contributed by atoms with Crippen molar-refractivity contribution in [2.75, 3.05) is 0 Å². The molecule has 0 unspecified atom stereocenters. The van der Waals surface area contributed by atoms with E-state index < -0.39 is 5.60 Å². The van der Waals surface area contributed by atoms with Crippen LogP contribution >= 0.6 is 11.6 Å². The lowest BCUT2D eigenvalue weighted by Crippen LogP contribution is -2.29. The number of nitrogens with zero attached hydrogens (tertiary/aromatic N) is 1. The number of nitriles is 1. The van der Waals surface area contributed by atoms with Crippen molar-refractivity contribution < 1.29 is 5.11 Å². The van der Waals surface area contributed by atoms with E-state index in [1.54, 1.807) is 6.07 Å². The van der Waals surface area contributed by atoms with Crippen LogP contribution in [0.5, 0.6) is 0 Å². The minimum Gasteiger partial charge on any atom is -0.399 e. The number of benzene rings is 2. The summed E-state index contributed by atoms with van der Waals surface area (Å²) in [6.45, 7) is 0. The number of aliphatic hydroxyl groups is 1. The second kappa shape index (κ2) is 5.49. The summed E-state index contributed by atoms with van der Waals surface area (Å²) in [4.78, 5) is 0. The van der Waals surface area contributed by atoms with Crippen LogP contribution in [-0.2, 0) is 5.60 Å². The molecule has 0 aromatic heterocycles. The first-order valence-corrected chi connectivity index (χ1v) is 7.38. The van der Waals surface area contributed by atoms with Gasteiger partial charge >= 0.3 is 0 Å². The van der Waals surface area contributed by atoms with Crippen LogP contribution < -0.4 is 5.73 Å². The molecule has 2 aromatic carbocycles. The summed E-state index contributed by atoms with van der Waals surface area (Å²) in [6, 6.07) is 18.7. The van der Waals surface area contributed by atoms with Crippen LogP contribution in [-0.4, -0.2) is 5.11 Å². The molecule has 0 amide bonds. The van der Waals surface area contributed by atoms with Gasteiger partial charge in [0.2, 0.25) is 0 Å². The van der Waals surface area contributed by atoms with Gasteiger partial charge in [0, 0.05) is 10.9 Å². The Labute approximate surface area is 134 Å². The van der Waals surface area contributed by atoms with E-state index in [0.29, 0.717) is 22.6 Å². The monoisotopic (exact) mass is 310 g/mol. The number of hydrogen-bond acceptors (Lipinski definition) is 3. The third kappa shape index (κ3) is 2.18. The van der Waals surface area contributed by atoms with E-state index in [-0.39, 0.29) is 11.6 Å². The second-order valence-corrected chi connectivity index (χ2v) is 5.85. The summed E-state index contributed by atoms with van der Waals surface area (Å²) in [7, 11) is 0. The highest BCUT2D eigenvalue weighted by Crippen LogP contribution is 2.49. The van der Waals surface area contributed by atoms with Gasteiger partial charge in [-0.2, -0.15) is 5.26 Å². The third-order valence-electron chi connectivity index (χ3n) is 4.24. The van der Waals surface area contributed by atoms with E-state index in [9.17, 15) is 10.4 Å². The fourth-order valence-corrected chi connectivity index (χ4v) is 3.33. The molecule has 22 heavy (non-hydrogen) atoms. The average Bonchev–Trinajstić information content (AvgIpc) is 2.81. The van der Waals surface area contributed by atoms with E-state index >= 15 is 0 Å². The van der Waals surface area contributed by atoms with Crippen molar-refractivity contribution in [1.82, 2.24) is 0 Å². The van der Waals surface area contributed by atoms with E-state index in [1.165, 1.54) is 0 Å². The van der Waals surface area contributed by atoms with Crippen LogP contribution in [0.3, 0.4) is 0 Å². The first kappa shape index (κ1) is 14.6. The highest BCUT2D eigenvalue weighted by atomic mass is 35.5. The van der Waals surface area contributed by atoms with Gasteiger partial charge in [-0.25, -0.2) is 0 Å². The number of hydrogen-bond donors (Lipinski definition) is 2. The van der Waals surface area contributed by atoms with Gasteiger partial charge in [0.1, 0.15) is 5.60 Å². The van der Waals surface area contributed by atoms with Gasteiger partial charge < -0.3 is 10.8 Å². The first-order chi connectivity index (χ1) is 10.6. The van der Waals surface area contributed by atoms with Crippen LogP contribution in [0.4, 0.5) is 0 Å². The maximum atomic E-state index is 11.1. The Morgan fingerprint density at radius 3 is 2.41 bits per heavy atom. The van der Waals surface area contributed by atoms with E-state index in [0.717, 1.165) is 5.56 Å². The Balaban J connectivity index is 2.12. The van der Waals surface area contributed by atoms with Crippen molar-refractivity contribution in [2.24, 2.45) is 5.73 Å². The molecule has 3 nitrogen and oxygen atoms in total. The Hall–Kier alpha value is -2.28. The minimum absolute atomic E-state index is 0.214. The molecule has 0 aliphatic heterocycles. The molecule has 0 radical (unpaired) electrons. The molecule has 0 bridgehead atoms. The van der Waals surface area contributed by atoms with Crippen LogP contribution in [0, 0.1) is 11.3 Å². The number of rotatable bonds is 2. The first-order valence-electron chi connectivity index (χ1n) is 7.00. The lowest BCUT2D eigenvalue weighted by atomic mass is 9.86. The van der Waals surface area contributed by atoms with Gasteiger partial charge in [-0.3, -0.25) is 0 Å². The van der Waals surface area contributed by atoms with E-state index in [1.807, 2.05) is 48.5 Å². The van der Waals surface area contributed by atoms with E-state index in [4.69, 9.17) is 17.3 Å². The SMILES string of the molecule is N#CC1=C(N)[C@](O)(c2ccccc2)C[C@@H]1c1ccccc1Cl. The Kier molecular flexibility index (Phi) is 3.66. The zero-order valence-corrected chi connectivity index (χ0v) is 12.6. The maximum absolute atomic E-state index is 11.1. The van der Waals surface area contributed by atoms with Crippen molar-refractivity contribution in [2.45, 2.75) is 17.9 Å². The maximum Gasteiger partial charge on any atom is 0.131 e. The topological polar surface area (TPSA) is 70.0 Å². The average molecular weight is 311 g/mol. The molecular formula is C18H15ClN2O.